The number of fused-ring (bicyclic) bond motifs is 1. The van der Waals surface area contributed by atoms with E-state index in [4.69, 9.17) is 4.74 Å². The summed E-state index contributed by atoms with van der Waals surface area (Å²) in [6, 6.07) is 0. The highest BCUT2D eigenvalue weighted by molar-refractivity contribution is 5.00. The molecule has 0 amide bonds. The number of aliphatic hydroxyl groups is 1. The average molecular weight is 252 g/mol. The van der Waals surface area contributed by atoms with Crippen LogP contribution in [0.25, 0.3) is 0 Å². The maximum atomic E-state index is 14.1. The van der Waals surface area contributed by atoms with Gasteiger partial charge in [0.1, 0.15) is 12.3 Å². The van der Waals surface area contributed by atoms with Gasteiger partial charge in [-0.15, -0.1) is 0 Å². The zero-order valence-electron chi connectivity index (χ0n) is 9.86. The van der Waals surface area contributed by atoms with Crippen LogP contribution in [0, 0.1) is 11.8 Å². The Labute approximate surface area is 99.1 Å². The molecule has 2 rings (SSSR count). The van der Waals surface area contributed by atoms with E-state index < -0.39 is 36.6 Å². The summed E-state index contributed by atoms with van der Waals surface area (Å²) < 4.78 is 46.5. The van der Waals surface area contributed by atoms with Gasteiger partial charge in [-0.3, -0.25) is 0 Å². The van der Waals surface area contributed by atoms with Crippen LogP contribution < -0.4 is 0 Å². The van der Waals surface area contributed by atoms with Crippen molar-refractivity contribution in [3.05, 3.63) is 0 Å². The number of ether oxygens (including phenoxy) is 1. The minimum atomic E-state index is -1.96. The molecule has 2 aliphatic rings. The molecule has 17 heavy (non-hydrogen) atoms. The van der Waals surface area contributed by atoms with Gasteiger partial charge >= 0.3 is 0 Å². The van der Waals surface area contributed by atoms with Gasteiger partial charge in [0.25, 0.3) is 0 Å². The van der Waals surface area contributed by atoms with Gasteiger partial charge in [0.2, 0.25) is 0 Å². The molecule has 2 saturated carbocycles. The lowest BCUT2D eigenvalue weighted by molar-refractivity contribution is -0.137. The van der Waals surface area contributed by atoms with E-state index in [1.54, 1.807) is 6.92 Å². The molecule has 0 saturated heterocycles. The van der Waals surface area contributed by atoms with Crippen molar-refractivity contribution in [2.75, 3.05) is 6.61 Å². The molecule has 0 spiro atoms. The third-order valence-electron chi connectivity index (χ3n) is 4.05. The number of aliphatic hydroxyl groups excluding tert-OH is 1. The second kappa shape index (κ2) is 5.14. The molecule has 1 N–H and O–H groups in total. The lowest BCUT2D eigenvalue weighted by atomic mass is 9.66. The van der Waals surface area contributed by atoms with Crippen LogP contribution >= 0.6 is 0 Å². The fourth-order valence-electron chi connectivity index (χ4n) is 3.20. The molecule has 7 atom stereocenters. The average Bonchev–Trinajstić information content (AvgIpc) is 2.30. The summed E-state index contributed by atoms with van der Waals surface area (Å²) in [5.41, 5.74) is 0. The quantitative estimate of drug-likeness (QED) is 0.816. The Hall–Kier alpha value is -0.290. The van der Waals surface area contributed by atoms with Gasteiger partial charge in [-0.25, -0.2) is 13.2 Å². The van der Waals surface area contributed by atoms with Crippen molar-refractivity contribution < 1.29 is 23.0 Å². The predicted octanol–water partition coefficient (Wildman–Crippen LogP) is 2.20. The van der Waals surface area contributed by atoms with Crippen LogP contribution in [-0.4, -0.2) is 42.4 Å². The summed E-state index contributed by atoms with van der Waals surface area (Å²) in [7, 11) is 0. The Morgan fingerprint density at radius 3 is 2.47 bits per heavy atom. The van der Waals surface area contributed by atoms with E-state index in [2.05, 4.69) is 0 Å². The van der Waals surface area contributed by atoms with E-state index in [0.29, 0.717) is 19.4 Å². The standard InChI is InChI=1S/C12H19F3O2/c1-2-17-8-4-3-6-5-7(16)10(13)12(15)9(6)11(8)14/h6-12,16H,2-5H2,1H3. The molecule has 0 radical (unpaired) electrons. The van der Waals surface area contributed by atoms with Gasteiger partial charge in [-0.2, -0.15) is 0 Å². The molecule has 0 bridgehead atoms. The van der Waals surface area contributed by atoms with E-state index in [0.717, 1.165) is 0 Å². The summed E-state index contributed by atoms with van der Waals surface area (Å²) in [4.78, 5) is 0. The second-order valence-electron chi connectivity index (χ2n) is 5.04. The molecule has 0 heterocycles. The third kappa shape index (κ3) is 2.32. The number of hydrogen-bond donors (Lipinski definition) is 1. The lowest BCUT2D eigenvalue weighted by Crippen LogP contribution is -2.54. The number of alkyl halides is 3. The molecule has 0 aliphatic heterocycles. The summed E-state index contributed by atoms with van der Waals surface area (Å²) in [6.07, 6.45) is -5.98. The topological polar surface area (TPSA) is 29.5 Å². The lowest BCUT2D eigenvalue weighted by Gasteiger charge is -2.45. The van der Waals surface area contributed by atoms with Gasteiger partial charge in [0, 0.05) is 12.5 Å². The molecular weight excluding hydrogens is 233 g/mol. The van der Waals surface area contributed by atoms with Crippen molar-refractivity contribution in [1.29, 1.82) is 0 Å². The van der Waals surface area contributed by atoms with Gasteiger partial charge in [-0.05, 0) is 32.1 Å². The highest BCUT2D eigenvalue weighted by Gasteiger charge is 2.52. The Kier molecular flexibility index (Phi) is 3.98. The van der Waals surface area contributed by atoms with Gasteiger partial charge < -0.3 is 9.84 Å². The van der Waals surface area contributed by atoms with E-state index in [-0.39, 0.29) is 12.3 Å². The fourth-order valence-corrected chi connectivity index (χ4v) is 3.20. The first-order valence-corrected chi connectivity index (χ1v) is 6.28. The molecule has 7 unspecified atom stereocenters. The SMILES string of the molecule is CCOC1CCC2CC(O)C(F)C(F)C2C1F. The van der Waals surface area contributed by atoms with Gasteiger partial charge in [0.05, 0.1) is 12.2 Å². The minimum Gasteiger partial charge on any atom is -0.390 e. The van der Waals surface area contributed by atoms with Crippen molar-refractivity contribution in [2.24, 2.45) is 11.8 Å². The maximum absolute atomic E-state index is 14.1. The molecule has 0 aromatic carbocycles. The first kappa shape index (κ1) is 13.1. The Balaban J connectivity index is 2.10. The van der Waals surface area contributed by atoms with Gasteiger partial charge in [-0.1, -0.05) is 0 Å². The van der Waals surface area contributed by atoms with Crippen molar-refractivity contribution in [3.63, 3.8) is 0 Å². The molecule has 0 aromatic heterocycles. The first-order chi connectivity index (χ1) is 8.06. The summed E-state index contributed by atoms with van der Waals surface area (Å²) in [6.45, 7) is 2.13. The van der Waals surface area contributed by atoms with Crippen LogP contribution in [0.5, 0.6) is 0 Å². The minimum absolute atomic E-state index is 0.158. The van der Waals surface area contributed by atoms with Crippen LogP contribution in [0.1, 0.15) is 26.2 Å². The molecule has 2 nitrogen and oxygen atoms in total. The highest BCUT2D eigenvalue weighted by Crippen LogP contribution is 2.45. The van der Waals surface area contributed by atoms with Crippen LogP contribution in [0.15, 0.2) is 0 Å². The largest absolute Gasteiger partial charge is 0.390 e. The maximum Gasteiger partial charge on any atom is 0.157 e. The van der Waals surface area contributed by atoms with E-state index in [9.17, 15) is 18.3 Å². The number of halogens is 3. The van der Waals surface area contributed by atoms with Crippen LogP contribution in [0.3, 0.4) is 0 Å². The number of hydrogen-bond acceptors (Lipinski definition) is 2. The normalized spacial score (nSPS) is 51.0. The molecule has 0 aromatic rings. The monoisotopic (exact) mass is 252 g/mol. The second-order valence-corrected chi connectivity index (χ2v) is 5.04. The van der Waals surface area contributed by atoms with Crippen molar-refractivity contribution in [2.45, 2.75) is 56.9 Å². The van der Waals surface area contributed by atoms with Crippen molar-refractivity contribution >= 4 is 0 Å². The fraction of sp³-hybridized carbons (Fsp3) is 1.00. The Bertz CT molecular complexity index is 262. The Morgan fingerprint density at radius 1 is 1.12 bits per heavy atom. The zero-order valence-corrected chi connectivity index (χ0v) is 9.86. The van der Waals surface area contributed by atoms with Crippen LogP contribution in [0.4, 0.5) is 13.2 Å². The predicted molar refractivity (Wildman–Crippen MR) is 56.9 cm³/mol. The summed E-state index contributed by atoms with van der Waals surface area (Å²) in [5, 5.41) is 9.37. The first-order valence-electron chi connectivity index (χ1n) is 6.28. The van der Waals surface area contributed by atoms with E-state index >= 15 is 0 Å². The van der Waals surface area contributed by atoms with Crippen molar-refractivity contribution in [3.8, 4) is 0 Å². The molecule has 2 fully saturated rings. The smallest absolute Gasteiger partial charge is 0.157 e. The van der Waals surface area contributed by atoms with Crippen molar-refractivity contribution in [1.82, 2.24) is 0 Å². The molecule has 2 aliphatic carbocycles. The third-order valence-corrected chi connectivity index (χ3v) is 4.05. The summed E-state index contributed by atoms with van der Waals surface area (Å²) in [5.74, 6) is -1.22. The molecule has 5 heteroatoms. The highest BCUT2D eigenvalue weighted by atomic mass is 19.2. The summed E-state index contributed by atoms with van der Waals surface area (Å²) >= 11 is 0. The zero-order chi connectivity index (χ0) is 12.6. The Morgan fingerprint density at radius 2 is 1.82 bits per heavy atom. The molecular formula is C12H19F3O2. The molecule has 100 valence electrons. The van der Waals surface area contributed by atoms with Gasteiger partial charge in [0.15, 0.2) is 6.17 Å². The van der Waals surface area contributed by atoms with E-state index in [1.807, 2.05) is 0 Å². The van der Waals surface area contributed by atoms with Crippen LogP contribution in [0.2, 0.25) is 0 Å². The van der Waals surface area contributed by atoms with Crippen LogP contribution in [-0.2, 0) is 4.74 Å². The van der Waals surface area contributed by atoms with E-state index in [1.165, 1.54) is 0 Å². The number of rotatable bonds is 2.